The normalized spacial score (nSPS) is 12.1. The van der Waals surface area contributed by atoms with Crippen LogP contribution in [-0.4, -0.2) is 36.1 Å². The van der Waals surface area contributed by atoms with Crippen LogP contribution >= 0.6 is 0 Å². The van der Waals surface area contributed by atoms with Crippen LogP contribution in [0.2, 0.25) is 0 Å². The van der Waals surface area contributed by atoms with Crippen molar-refractivity contribution in [1.29, 1.82) is 0 Å². The first-order valence-corrected chi connectivity index (χ1v) is 9.69. The molecule has 132 valence electrons. The van der Waals surface area contributed by atoms with E-state index in [0.717, 1.165) is 34.6 Å². The zero-order valence-corrected chi connectivity index (χ0v) is 16.2. The molecule has 0 fully saturated rings. The van der Waals surface area contributed by atoms with Gasteiger partial charge in [0.25, 0.3) is 0 Å². The number of aryl methyl sites for hydroxylation is 4. The number of benzene rings is 1. The summed E-state index contributed by atoms with van der Waals surface area (Å²) in [6, 6.07) is 5.44. The Morgan fingerprint density at radius 2 is 1.83 bits per heavy atom. The van der Waals surface area contributed by atoms with Gasteiger partial charge in [-0.15, -0.1) is 0 Å². The van der Waals surface area contributed by atoms with E-state index in [9.17, 15) is 8.42 Å². The zero-order chi connectivity index (χ0) is 18.1. The minimum absolute atomic E-state index is 0.383. The van der Waals surface area contributed by atoms with Crippen molar-refractivity contribution < 1.29 is 8.42 Å². The van der Waals surface area contributed by atoms with Gasteiger partial charge < -0.3 is 0 Å². The van der Waals surface area contributed by atoms with Crippen molar-refractivity contribution in [2.45, 2.75) is 52.5 Å². The molecule has 0 aliphatic heterocycles. The molecule has 0 saturated heterocycles. The maximum absolute atomic E-state index is 12.8. The van der Waals surface area contributed by atoms with Crippen molar-refractivity contribution in [3.8, 4) is 0 Å². The third kappa shape index (κ3) is 3.54. The smallest absolute Gasteiger partial charge is 0.243 e. The molecule has 0 unspecified atom stereocenters. The molecule has 0 aliphatic carbocycles. The number of nitrogens with zero attached hydrogens (tertiary/aromatic N) is 3. The quantitative estimate of drug-likeness (QED) is 0.805. The predicted molar refractivity (Wildman–Crippen MR) is 96.8 cm³/mol. The number of aromatic nitrogens is 2. The summed E-state index contributed by atoms with van der Waals surface area (Å²) in [5.74, 6) is 0. The fraction of sp³-hybridized carbons (Fsp3) is 0.500. The summed E-state index contributed by atoms with van der Waals surface area (Å²) in [4.78, 5) is 0.383. The van der Waals surface area contributed by atoms with Crippen molar-refractivity contribution >= 4 is 10.0 Å². The van der Waals surface area contributed by atoms with E-state index < -0.39 is 10.0 Å². The Morgan fingerprint density at radius 1 is 1.17 bits per heavy atom. The molecule has 1 aromatic carbocycles. The lowest BCUT2D eigenvalue weighted by Gasteiger charge is -2.19. The number of hydrogen-bond donors (Lipinski definition) is 0. The van der Waals surface area contributed by atoms with E-state index in [-0.39, 0.29) is 0 Å². The second-order valence-electron chi connectivity index (χ2n) is 6.31. The first-order chi connectivity index (χ1) is 11.2. The first kappa shape index (κ1) is 18.7. The molecular formula is C18H27N3O2S. The largest absolute Gasteiger partial charge is 0.270 e. The van der Waals surface area contributed by atoms with Gasteiger partial charge in [0.15, 0.2) is 0 Å². The number of likely N-dealkylation sites (N-methyl/N-ethyl adjacent to an activating group) is 1. The molecule has 0 saturated carbocycles. The Bertz CT molecular complexity index is 838. The van der Waals surface area contributed by atoms with Crippen molar-refractivity contribution in [2.75, 3.05) is 13.6 Å². The lowest BCUT2D eigenvalue weighted by Crippen LogP contribution is -2.29. The number of sulfonamides is 1. The highest BCUT2D eigenvalue weighted by atomic mass is 32.2. The summed E-state index contributed by atoms with van der Waals surface area (Å²) in [7, 11) is -1.83. The van der Waals surface area contributed by atoms with Crippen LogP contribution < -0.4 is 0 Å². The molecule has 0 aliphatic rings. The molecule has 0 radical (unpaired) electrons. The van der Waals surface area contributed by atoms with Crippen molar-refractivity contribution in [3.05, 3.63) is 46.3 Å². The standard InChI is InChI=1S/C18H27N3O2S/c1-7-21-16(5)17(15(4)19-21)10-11-20(6)24(22,23)18-9-8-13(2)12-14(18)3/h8-9,12H,7,10-11H2,1-6H3. The third-order valence-electron chi connectivity index (χ3n) is 4.53. The molecule has 5 nitrogen and oxygen atoms in total. The molecule has 0 atom stereocenters. The van der Waals surface area contributed by atoms with Crippen molar-refractivity contribution in [1.82, 2.24) is 14.1 Å². The first-order valence-electron chi connectivity index (χ1n) is 8.25. The van der Waals surface area contributed by atoms with E-state index >= 15 is 0 Å². The monoisotopic (exact) mass is 349 g/mol. The molecule has 0 amide bonds. The minimum Gasteiger partial charge on any atom is -0.270 e. The van der Waals surface area contributed by atoms with Gasteiger partial charge in [0, 0.05) is 25.8 Å². The van der Waals surface area contributed by atoms with E-state index in [0.29, 0.717) is 17.9 Å². The third-order valence-corrected chi connectivity index (χ3v) is 6.54. The summed E-state index contributed by atoms with van der Waals surface area (Å²) in [5.41, 5.74) is 5.08. The second-order valence-corrected chi connectivity index (χ2v) is 8.32. The summed E-state index contributed by atoms with van der Waals surface area (Å²) in [6.45, 7) is 11.1. The number of hydrogen-bond acceptors (Lipinski definition) is 3. The molecule has 0 bridgehead atoms. The van der Waals surface area contributed by atoms with Gasteiger partial charge in [0.05, 0.1) is 10.6 Å². The fourth-order valence-corrected chi connectivity index (χ4v) is 4.42. The Morgan fingerprint density at radius 3 is 2.38 bits per heavy atom. The molecule has 2 aromatic rings. The maximum Gasteiger partial charge on any atom is 0.243 e. The topological polar surface area (TPSA) is 55.2 Å². The predicted octanol–water partition coefficient (Wildman–Crippen LogP) is 3.00. The van der Waals surface area contributed by atoms with Crippen LogP contribution in [0.5, 0.6) is 0 Å². The Hall–Kier alpha value is -1.66. The molecule has 24 heavy (non-hydrogen) atoms. The molecule has 0 spiro atoms. The molecule has 0 N–H and O–H groups in total. The van der Waals surface area contributed by atoms with Crippen LogP contribution in [0.15, 0.2) is 23.1 Å². The van der Waals surface area contributed by atoms with Gasteiger partial charge in [-0.25, -0.2) is 12.7 Å². The highest BCUT2D eigenvalue weighted by Gasteiger charge is 2.23. The van der Waals surface area contributed by atoms with Gasteiger partial charge in [0.1, 0.15) is 0 Å². The van der Waals surface area contributed by atoms with Crippen LogP contribution in [0.3, 0.4) is 0 Å². The molecule has 1 heterocycles. The summed E-state index contributed by atoms with van der Waals surface area (Å²) >= 11 is 0. The van der Waals surface area contributed by atoms with Crippen LogP contribution in [0.1, 0.15) is 35.0 Å². The molecular weight excluding hydrogens is 322 g/mol. The van der Waals surface area contributed by atoms with E-state index in [1.165, 1.54) is 4.31 Å². The molecule has 6 heteroatoms. The van der Waals surface area contributed by atoms with E-state index in [1.807, 2.05) is 44.5 Å². The van der Waals surface area contributed by atoms with Gasteiger partial charge in [0.2, 0.25) is 10.0 Å². The van der Waals surface area contributed by atoms with Crippen LogP contribution in [0.4, 0.5) is 0 Å². The second kappa shape index (κ2) is 7.07. The van der Waals surface area contributed by atoms with E-state index in [1.54, 1.807) is 13.1 Å². The highest BCUT2D eigenvalue weighted by molar-refractivity contribution is 7.89. The van der Waals surface area contributed by atoms with Gasteiger partial charge in [-0.3, -0.25) is 4.68 Å². The Balaban J connectivity index is 2.20. The van der Waals surface area contributed by atoms with E-state index in [2.05, 4.69) is 12.0 Å². The lowest BCUT2D eigenvalue weighted by molar-refractivity contribution is 0.471. The molecule has 2 rings (SSSR count). The highest BCUT2D eigenvalue weighted by Crippen LogP contribution is 2.21. The Kier molecular flexibility index (Phi) is 5.50. The van der Waals surface area contributed by atoms with Gasteiger partial charge in [-0.2, -0.15) is 5.10 Å². The van der Waals surface area contributed by atoms with Crippen LogP contribution in [0.25, 0.3) is 0 Å². The fourth-order valence-electron chi connectivity index (χ4n) is 3.05. The number of rotatable bonds is 6. The van der Waals surface area contributed by atoms with Crippen LogP contribution in [-0.2, 0) is 23.0 Å². The summed E-state index contributed by atoms with van der Waals surface area (Å²) in [6.07, 6.45) is 0.665. The van der Waals surface area contributed by atoms with Crippen molar-refractivity contribution in [2.24, 2.45) is 0 Å². The summed E-state index contributed by atoms with van der Waals surface area (Å²) < 4.78 is 29.0. The average Bonchev–Trinajstić information content (AvgIpc) is 2.78. The maximum atomic E-state index is 12.8. The SMILES string of the molecule is CCn1nc(C)c(CCN(C)S(=O)(=O)c2ccc(C)cc2C)c1C. The van der Waals surface area contributed by atoms with Crippen LogP contribution in [0, 0.1) is 27.7 Å². The van der Waals surface area contributed by atoms with Gasteiger partial charge in [-0.05, 0) is 58.2 Å². The zero-order valence-electron chi connectivity index (χ0n) is 15.4. The minimum atomic E-state index is -3.47. The molecule has 1 aromatic heterocycles. The van der Waals surface area contributed by atoms with Gasteiger partial charge in [-0.1, -0.05) is 17.7 Å². The summed E-state index contributed by atoms with van der Waals surface area (Å²) in [5, 5.41) is 4.50. The van der Waals surface area contributed by atoms with E-state index in [4.69, 9.17) is 0 Å². The Labute approximate surface area is 145 Å². The van der Waals surface area contributed by atoms with Crippen molar-refractivity contribution in [3.63, 3.8) is 0 Å². The average molecular weight is 350 g/mol. The lowest BCUT2D eigenvalue weighted by atomic mass is 10.1. The van der Waals surface area contributed by atoms with Gasteiger partial charge >= 0.3 is 0 Å².